The molecule has 0 N–H and O–H groups in total. The zero-order valence-corrected chi connectivity index (χ0v) is 6.54. The Hall–Kier alpha value is -1.36. The van der Waals surface area contributed by atoms with Crippen LogP contribution in [0, 0.1) is 18.3 Å². The molecule has 0 aliphatic heterocycles. The van der Waals surface area contributed by atoms with E-state index in [4.69, 9.17) is 5.26 Å². The molecule has 2 heteroatoms. The average molecular weight is 146 g/mol. The number of pyridine rings is 1. The summed E-state index contributed by atoms with van der Waals surface area (Å²) in [5, 5.41) is 8.32. The Morgan fingerprint density at radius 2 is 2.36 bits per heavy atom. The van der Waals surface area contributed by atoms with Gasteiger partial charge in [0.15, 0.2) is 0 Å². The smallest absolute Gasteiger partial charge is 0.0625 e. The Morgan fingerprint density at radius 3 is 3.00 bits per heavy atom. The monoisotopic (exact) mass is 146 g/mol. The van der Waals surface area contributed by atoms with Crippen molar-refractivity contribution in [2.24, 2.45) is 0 Å². The molecule has 0 aromatic carbocycles. The zero-order valence-electron chi connectivity index (χ0n) is 6.54. The van der Waals surface area contributed by atoms with Crippen LogP contribution in [-0.2, 0) is 6.42 Å². The number of nitrogens with zero attached hydrogens (tertiary/aromatic N) is 2. The van der Waals surface area contributed by atoms with E-state index in [9.17, 15) is 0 Å². The number of aryl methyl sites for hydroxylation is 2. The van der Waals surface area contributed by atoms with Crippen LogP contribution in [0.1, 0.15) is 17.8 Å². The minimum atomic E-state index is 0.552. The summed E-state index contributed by atoms with van der Waals surface area (Å²) in [6, 6.07) is 7.97. The lowest BCUT2D eigenvalue weighted by Gasteiger charge is -1.96. The van der Waals surface area contributed by atoms with Gasteiger partial charge in [-0.1, -0.05) is 6.07 Å². The van der Waals surface area contributed by atoms with Crippen LogP contribution in [0.2, 0.25) is 0 Å². The summed E-state index contributed by atoms with van der Waals surface area (Å²) < 4.78 is 0. The lowest BCUT2D eigenvalue weighted by atomic mass is 10.2. The number of nitriles is 1. The van der Waals surface area contributed by atoms with Crippen LogP contribution in [0.15, 0.2) is 18.2 Å². The predicted octanol–water partition coefficient (Wildman–Crippen LogP) is 1.85. The number of rotatable bonds is 2. The van der Waals surface area contributed by atoms with E-state index in [1.807, 2.05) is 25.1 Å². The van der Waals surface area contributed by atoms with Gasteiger partial charge in [0.05, 0.1) is 6.07 Å². The first-order valence-electron chi connectivity index (χ1n) is 3.62. The van der Waals surface area contributed by atoms with Gasteiger partial charge < -0.3 is 0 Å². The van der Waals surface area contributed by atoms with E-state index in [1.54, 1.807) is 0 Å². The Labute approximate surface area is 66.5 Å². The van der Waals surface area contributed by atoms with Crippen LogP contribution in [0.5, 0.6) is 0 Å². The molecule has 0 amide bonds. The van der Waals surface area contributed by atoms with E-state index in [0.717, 1.165) is 17.8 Å². The summed E-state index contributed by atoms with van der Waals surface area (Å²) in [6.45, 7) is 1.95. The highest BCUT2D eigenvalue weighted by molar-refractivity contribution is 5.10. The Morgan fingerprint density at radius 1 is 1.55 bits per heavy atom. The average Bonchev–Trinajstić information content (AvgIpc) is 2.01. The molecule has 1 heterocycles. The highest BCUT2D eigenvalue weighted by atomic mass is 14.7. The molecule has 1 rings (SSSR count). The Balaban J connectivity index is 2.65. The van der Waals surface area contributed by atoms with Gasteiger partial charge in [-0.3, -0.25) is 4.98 Å². The molecule has 1 aromatic heterocycles. The van der Waals surface area contributed by atoms with Crippen molar-refractivity contribution >= 4 is 0 Å². The predicted molar refractivity (Wildman–Crippen MR) is 42.9 cm³/mol. The van der Waals surface area contributed by atoms with Gasteiger partial charge in [0.1, 0.15) is 0 Å². The van der Waals surface area contributed by atoms with Crippen LogP contribution < -0.4 is 0 Å². The SMILES string of the molecule is Cc1cccc(CCC#N)n1. The normalized spacial score (nSPS) is 9.09. The van der Waals surface area contributed by atoms with Gasteiger partial charge in [-0.25, -0.2) is 0 Å². The minimum Gasteiger partial charge on any atom is -0.258 e. The molecule has 0 atom stereocenters. The van der Waals surface area contributed by atoms with E-state index in [0.29, 0.717) is 6.42 Å². The molecule has 56 valence electrons. The maximum atomic E-state index is 8.32. The van der Waals surface area contributed by atoms with Crippen LogP contribution in [-0.4, -0.2) is 4.98 Å². The van der Waals surface area contributed by atoms with E-state index >= 15 is 0 Å². The Bertz CT molecular complexity index is 273. The molecule has 0 spiro atoms. The third-order valence-corrected chi connectivity index (χ3v) is 1.44. The molecule has 0 saturated heterocycles. The molecule has 0 aliphatic rings. The Kier molecular flexibility index (Phi) is 2.62. The second kappa shape index (κ2) is 3.72. The van der Waals surface area contributed by atoms with Crippen molar-refractivity contribution in [3.05, 3.63) is 29.6 Å². The van der Waals surface area contributed by atoms with Gasteiger partial charge in [-0.15, -0.1) is 0 Å². The fourth-order valence-corrected chi connectivity index (χ4v) is 0.923. The van der Waals surface area contributed by atoms with Crippen LogP contribution >= 0.6 is 0 Å². The van der Waals surface area contributed by atoms with Crippen molar-refractivity contribution in [3.8, 4) is 6.07 Å². The van der Waals surface area contributed by atoms with Gasteiger partial charge in [-0.2, -0.15) is 5.26 Å². The van der Waals surface area contributed by atoms with Crippen molar-refractivity contribution in [2.45, 2.75) is 19.8 Å². The largest absolute Gasteiger partial charge is 0.258 e. The topological polar surface area (TPSA) is 36.7 Å². The number of hydrogen-bond acceptors (Lipinski definition) is 2. The highest BCUT2D eigenvalue weighted by Gasteiger charge is 1.92. The molecule has 0 aliphatic carbocycles. The van der Waals surface area contributed by atoms with Gasteiger partial charge in [0.2, 0.25) is 0 Å². The molecule has 0 saturated carbocycles. The third kappa shape index (κ3) is 2.38. The van der Waals surface area contributed by atoms with E-state index in [1.165, 1.54) is 0 Å². The first-order valence-corrected chi connectivity index (χ1v) is 3.62. The maximum absolute atomic E-state index is 8.32. The summed E-state index contributed by atoms with van der Waals surface area (Å²) in [5.74, 6) is 0. The van der Waals surface area contributed by atoms with Gasteiger partial charge in [0, 0.05) is 24.2 Å². The second-order valence-corrected chi connectivity index (χ2v) is 2.43. The van der Waals surface area contributed by atoms with E-state index < -0.39 is 0 Å². The minimum absolute atomic E-state index is 0.552. The quantitative estimate of drug-likeness (QED) is 0.638. The molecule has 0 radical (unpaired) electrons. The lowest BCUT2D eigenvalue weighted by molar-refractivity contribution is 0.937. The summed E-state index contributed by atoms with van der Waals surface area (Å²) in [5.41, 5.74) is 2.02. The van der Waals surface area contributed by atoms with E-state index in [-0.39, 0.29) is 0 Å². The van der Waals surface area contributed by atoms with Crippen LogP contribution in [0.4, 0.5) is 0 Å². The molecule has 0 fully saturated rings. The standard InChI is InChI=1S/C9H10N2/c1-8-4-2-5-9(11-8)6-3-7-10/h2,4-5H,3,6H2,1H3. The van der Waals surface area contributed by atoms with Gasteiger partial charge in [-0.05, 0) is 19.1 Å². The van der Waals surface area contributed by atoms with Crippen molar-refractivity contribution < 1.29 is 0 Å². The van der Waals surface area contributed by atoms with Crippen molar-refractivity contribution in [2.75, 3.05) is 0 Å². The molecule has 1 aromatic rings. The molecule has 11 heavy (non-hydrogen) atoms. The fourth-order valence-electron chi connectivity index (χ4n) is 0.923. The number of hydrogen-bond donors (Lipinski definition) is 0. The summed E-state index contributed by atoms with van der Waals surface area (Å²) in [6.07, 6.45) is 1.31. The van der Waals surface area contributed by atoms with Crippen molar-refractivity contribution in [3.63, 3.8) is 0 Å². The number of aromatic nitrogens is 1. The van der Waals surface area contributed by atoms with Crippen LogP contribution in [0.25, 0.3) is 0 Å². The molecule has 0 bridgehead atoms. The third-order valence-electron chi connectivity index (χ3n) is 1.44. The fraction of sp³-hybridized carbons (Fsp3) is 0.333. The summed E-state index contributed by atoms with van der Waals surface area (Å²) in [4.78, 5) is 4.26. The molecular weight excluding hydrogens is 136 g/mol. The van der Waals surface area contributed by atoms with Crippen molar-refractivity contribution in [1.82, 2.24) is 4.98 Å². The van der Waals surface area contributed by atoms with Crippen LogP contribution in [0.3, 0.4) is 0 Å². The maximum Gasteiger partial charge on any atom is 0.0625 e. The van der Waals surface area contributed by atoms with Crippen molar-refractivity contribution in [1.29, 1.82) is 5.26 Å². The second-order valence-electron chi connectivity index (χ2n) is 2.43. The zero-order chi connectivity index (χ0) is 8.10. The molecule has 0 unspecified atom stereocenters. The van der Waals surface area contributed by atoms with Gasteiger partial charge >= 0.3 is 0 Å². The first kappa shape index (κ1) is 7.74. The first-order chi connectivity index (χ1) is 5.33. The van der Waals surface area contributed by atoms with E-state index in [2.05, 4.69) is 11.1 Å². The molecule has 2 nitrogen and oxygen atoms in total. The lowest BCUT2D eigenvalue weighted by Crippen LogP contribution is -1.90. The van der Waals surface area contributed by atoms with Gasteiger partial charge in [0.25, 0.3) is 0 Å². The summed E-state index contributed by atoms with van der Waals surface area (Å²) in [7, 11) is 0. The summed E-state index contributed by atoms with van der Waals surface area (Å²) >= 11 is 0. The highest BCUT2D eigenvalue weighted by Crippen LogP contribution is 2.00. The molecular formula is C9H10N2.